The van der Waals surface area contributed by atoms with Crippen molar-refractivity contribution in [1.29, 1.82) is 0 Å². The van der Waals surface area contributed by atoms with Crippen LogP contribution in [0.2, 0.25) is 0 Å². The summed E-state index contributed by atoms with van der Waals surface area (Å²) < 4.78 is 5.28. The molecule has 84 valence electrons. The predicted molar refractivity (Wildman–Crippen MR) is 65.3 cm³/mol. The van der Waals surface area contributed by atoms with Crippen molar-refractivity contribution in [3.05, 3.63) is 36.0 Å². The van der Waals surface area contributed by atoms with Gasteiger partial charge in [0.1, 0.15) is 11.5 Å². The third-order valence-corrected chi connectivity index (χ3v) is 2.91. The Hall–Kier alpha value is -2.21. The maximum absolute atomic E-state index is 5.76. The van der Waals surface area contributed by atoms with Crippen LogP contribution in [0.5, 0.6) is 0 Å². The Labute approximate surface area is 101 Å². The molecule has 0 aliphatic rings. The molecular weight excluding hydrogens is 236 g/mol. The van der Waals surface area contributed by atoms with E-state index < -0.39 is 0 Å². The Morgan fingerprint density at radius 2 is 2.24 bits per heavy atom. The zero-order valence-electron chi connectivity index (χ0n) is 8.70. The Kier molecular flexibility index (Phi) is 2.34. The molecule has 0 saturated carbocycles. The fourth-order valence-electron chi connectivity index (χ4n) is 1.45. The quantitative estimate of drug-likeness (QED) is 0.749. The Morgan fingerprint density at radius 3 is 2.94 bits per heavy atom. The molecule has 6 heteroatoms. The second-order valence-electron chi connectivity index (χ2n) is 3.32. The highest BCUT2D eigenvalue weighted by molar-refractivity contribution is 7.13. The van der Waals surface area contributed by atoms with Crippen LogP contribution >= 0.6 is 11.3 Å². The molecule has 0 fully saturated rings. The van der Waals surface area contributed by atoms with Crippen LogP contribution in [0.1, 0.15) is 0 Å². The SMILES string of the molecule is Nc1cc(-c2ccco2)nc(-c2nccs2)n1. The molecule has 0 aromatic carbocycles. The molecule has 17 heavy (non-hydrogen) atoms. The van der Waals surface area contributed by atoms with Crippen LogP contribution in [-0.2, 0) is 0 Å². The lowest BCUT2D eigenvalue weighted by Crippen LogP contribution is -1.97. The van der Waals surface area contributed by atoms with Gasteiger partial charge in [-0.3, -0.25) is 0 Å². The Balaban J connectivity index is 2.13. The number of nitrogen functional groups attached to an aromatic ring is 1. The molecule has 5 nitrogen and oxygen atoms in total. The molecule has 3 aromatic rings. The number of nitrogens with zero attached hydrogens (tertiary/aromatic N) is 3. The predicted octanol–water partition coefficient (Wildman–Crippen LogP) is 2.44. The lowest BCUT2D eigenvalue weighted by atomic mass is 10.3. The van der Waals surface area contributed by atoms with Gasteiger partial charge in [0.2, 0.25) is 0 Å². The van der Waals surface area contributed by atoms with Crippen molar-refractivity contribution in [3.8, 4) is 22.3 Å². The molecule has 3 aromatic heterocycles. The van der Waals surface area contributed by atoms with E-state index in [1.54, 1.807) is 24.6 Å². The summed E-state index contributed by atoms with van der Waals surface area (Å²) in [5, 5.41) is 2.61. The summed E-state index contributed by atoms with van der Waals surface area (Å²) in [4.78, 5) is 12.7. The van der Waals surface area contributed by atoms with E-state index in [1.807, 2.05) is 11.4 Å². The topological polar surface area (TPSA) is 77.8 Å². The standard InChI is InChI=1S/C11H8N4OS/c12-9-6-7(8-2-1-4-16-8)14-10(15-9)11-13-3-5-17-11/h1-6H,(H2,12,14,15). The summed E-state index contributed by atoms with van der Waals surface area (Å²) in [6.45, 7) is 0. The summed E-state index contributed by atoms with van der Waals surface area (Å²) in [6.07, 6.45) is 3.30. The number of hydrogen-bond donors (Lipinski definition) is 1. The monoisotopic (exact) mass is 244 g/mol. The van der Waals surface area contributed by atoms with Crippen LogP contribution in [0.15, 0.2) is 40.5 Å². The molecule has 0 amide bonds. The third kappa shape index (κ3) is 1.90. The Bertz CT molecular complexity index is 566. The Morgan fingerprint density at radius 1 is 1.29 bits per heavy atom. The number of thiazole rings is 1. The van der Waals surface area contributed by atoms with Gasteiger partial charge in [-0.25, -0.2) is 15.0 Å². The number of nitrogens with two attached hydrogens (primary N) is 1. The highest BCUT2D eigenvalue weighted by atomic mass is 32.1. The van der Waals surface area contributed by atoms with Crippen LogP contribution < -0.4 is 5.73 Å². The average Bonchev–Trinajstić information content (AvgIpc) is 3.02. The van der Waals surface area contributed by atoms with E-state index in [0.717, 1.165) is 5.01 Å². The molecule has 3 rings (SSSR count). The van der Waals surface area contributed by atoms with Crippen molar-refractivity contribution in [2.75, 3.05) is 5.73 Å². The maximum atomic E-state index is 5.76. The largest absolute Gasteiger partial charge is 0.463 e. The van der Waals surface area contributed by atoms with Gasteiger partial charge in [-0.2, -0.15) is 0 Å². The number of furan rings is 1. The fourth-order valence-corrected chi connectivity index (χ4v) is 2.02. The molecular formula is C11H8N4OS. The van der Waals surface area contributed by atoms with Crippen LogP contribution in [0.4, 0.5) is 5.82 Å². The van der Waals surface area contributed by atoms with Gasteiger partial charge in [-0.15, -0.1) is 11.3 Å². The second-order valence-corrected chi connectivity index (χ2v) is 4.21. The summed E-state index contributed by atoms with van der Waals surface area (Å²) >= 11 is 1.47. The minimum atomic E-state index is 0.400. The molecule has 0 spiro atoms. The first-order valence-electron chi connectivity index (χ1n) is 4.91. The highest BCUT2D eigenvalue weighted by Crippen LogP contribution is 2.24. The second kappa shape index (κ2) is 3.99. The van der Waals surface area contributed by atoms with Gasteiger partial charge in [0.25, 0.3) is 0 Å². The minimum Gasteiger partial charge on any atom is -0.463 e. The van der Waals surface area contributed by atoms with Gasteiger partial charge in [0.15, 0.2) is 16.6 Å². The van der Waals surface area contributed by atoms with Crippen LogP contribution in [-0.4, -0.2) is 15.0 Å². The average molecular weight is 244 g/mol. The van der Waals surface area contributed by atoms with Gasteiger partial charge in [-0.05, 0) is 12.1 Å². The fraction of sp³-hybridized carbons (Fsp3) is 0. The van der Waals surface area contributed by atoms with Crippen LogP contribution in [0.3, 0.4) is 0 Å². The van der Waals surface area contributed by atoms with E-state index in [-0.39, 0.29) is 0 Å². The van der Waals surface area contributed by atoms with Crippen molar-refractivity contribution in [3.63, 3.8) is 0 Å². The van der Waals surface area contributed by atoms with Crippen molar-refractivity contribution in [2.24, 2.45) is 0 Å². The van der Waals surface area contributed by atoms with E-state index in [1.165, 1.54) is 11.3 Å². The van der Waals surface area contributed by atoms with E-state index in [4.69, 9.17) is 10.2 Å². The van der Waals surface area contributed by atoms with E-state index in [0.29, 0.717) is 23.1 Å². The number of hydrogen-bond acceptors (Lipinski definition) is 6. The first-order valence-corrected chi connectivity index (χ1v) is 5.79. The lowest BCUT2D eigenvalue weighted by molar-refractivity contribution is 0.580. The number of rotatable bonds is 2. The smallest absolute Gasteiger partial charge is 0.191 e. The lowest BCUT2D eigenvalue weighted by Gasteiger charge is -2.01. The molecule has 0 aliphatic heterocycles. The molecule has 2 N–H and O–H groups in total. The zero-order valence-corrected chi connectivity index (χ0v) is 9.52. The molecule has 3 heterocycles. The zero-order chi connectivity index (χ0) is 11.7. The number of anilines is 1. The summed E-state index contributed by atoms with van der Waals surface area (Å²) in [6, 6.07) is 5.31. The normalized spacial score (nSPS) is 10.6. The molecule has 0 bridgehead atoms. The molecule has 0 aliphatic carbocycles. The van der Waals surface area contributed by atoms with Crippen LogP contribution in [0, 0.1) is 0 Å². The highest BCUT2D eigenvalue weighted by Gasteiger charge is 2.10. The van der Waals surface area contributed by atoms with Gasteiger partial charge in [-0.1, -0.05) is 0 Å². The third-order valence-electron chi connectivity index (χ3n) is 2.14. The van der Waals surface area contributed by atoms with Crippen molar-refractivity contribution < 1.29 is 4.42 Å². The summed E-state index contributed by atoms with van der Waals surface area (Å²) in [7, 11) is 0. The first kappa shape index (κ1) is 9.98. The van der Waals surface area contributed by atoms with Gasteiger partial charge in [0, 0.05) is 17.6 Å². The minimum absolute atomic E-state index is 0.400. The molecule has 0 unspecified atom stereocenters. The van der Waals surface area contributed by atoms with E-state index in [9.17, 15) is 0 Å². The van der Waals surface area contributed by atoms with Gasteiger partial charge < -0.3 is 10.2 Å². The van der Waals surface area contributed by atoms with Crippen LogP contribution in [0.25, 0.3) is 22.3 Å². The van der Waals surface area contributed by atoms with Gasteiger partial charge >= 0.3 is 0 Å². The van der Waals surface area contributed by atoms with E-state index >= 15 is 0 Å². The molecule has 0 saturated heterocycles. The summed E-state index contributed by atoms with van der Waals surface area (Å²) in [5.74, 6) is 1.58. The molecule has 0 radical (unpaired) electrons. The van der Waals surface area contributed by atoms with Crippen molar-refractivity contribution >= 4 is 17.2 Å². The molecule has 0 atom stereocenters. The first-order chi connectivity index (χ1) is 8.33. The number of aromatic nitrogens is 3. The summed E-state index contributed by atoms with van der Waals surface area (Å²) in [5.41, 5.74) is 6.42. The maximum Gasteiger partial charge on any atom is 0.191 e. The van der Waals surface area contributed by atoms with E-state index in [2.05, 4.69) is 15.0 Å². The van der Waals surface area contributed by atoms with Gasteiger partial charge in [0.05, 0.1) is 6.26 Å². The van der Waals surface area contributed by atoms with Crippen molar-refractivity contribution in [1.82, 2.24) is 15.0 Å². The van der Waals surface area contributed by atoms with Crippen molar-refractivity contribution in [2.45, 2.75) is 0 Å².